The quantitative estimate of drug-likeness (QED) is 0.707. The number of cyclic esters (lactones) is 1. The molecule has 4 rings (SSSR count). The average molecular weight is 368 g/mol. The first-order valence-electron chi connectivity index (χ1n) is 8.03. The zero-order valence-electron chi connectivity index (χ0n) is 13.6. The molecule has 1 N–H and O–H groups in total. The number of fused-ring (bicyclic) bond motifs is 1. The molecule has 0 radical (unpaired) electrons. The van der Waals surface area contributed by atoms with Crippen molar-refractivity contribution < 1.29 is 14.3 Å². The van der Waals surface area contributed by atoms with Crippen molar-refractivity contribution >= 4 is 45.7 Å². The van der Waals surface area contributed by atoms with E-state index in [0.29, 0.717) is 24.5 Å². The number of amides is 2. The summed E-state index contributed by atoms with van der Waals surface area (Å²) >= 11 is 6.19. The molecule has 0 bridgehead atoms. The molecule has 26 heavy (non-hydrogen) atoms. The SMILES string of the molecule is O=C(Nc1cccc(N2CCOC2=O)c1)c1cc2ccccc2c(Cl)n1. The third-order valence-electron chi connectivity index (χ3n) is 4.10. The van der Waals surface area contributed by atoms with Crippen molar-refractivity contribution in [1.29, 1.82) is 0 Å². The third kappa shape index (κ3) is 3.07. The molecule has 0 saturated carbocycles. The molecule has 0 unspecified atom stereocenters. The van der Waals surface area contributed by atoms with Gasteiger partial charge in [-0.25, -0.2) is 9.78 Å². The number of carbonyl (C=O) groups is 2. The topological polar surface area (TPSA) is 71.5 Å². The van der Waals surface area contributed by atoms with Gasteiger partial charge in [0.15, 0.2) is 0 Å². The van der Waals surface area contributed by atoms with Crippen molar-refractivity contribution in [2.75, 3.05) is 23.4 Å². The lowest BCUT2D eigenvalue weighted by Crippen LogP contribution is -2.23. The van der Waals surface area contributed by atoms with Gasteiger partial charge in [0.2, 0.25) is 0 Å². The van der Waals surface area contributed by atoms with E-state index in [9.17, 15) is 9.59 Å². The number of hydrogen-bond acceptors (Lipinski definition) is 4. The number of nitrogens with zero attached hydrogens (tertiary/aromatic N) is 2. The fourth-order valence-corrected chi connectivity index (χ4v) is 3.11. The minimum Gasteiger partial charge on any atom is -0.447 e. The molecule has 3 aromatic rings. The predicted octanol–water partition coefficient (Wildman–Crippen LogP) is 4.10. The van der Waals surface area contributed by atoms with Crippen LogP contribution in [0.25, 0.3) is 10.8 Å². The van der Waals surface area contributed by atoms with Crippen molar-refractivity contribution in [3.63, 3.8) is 0 Å². The number of anilines is 2. The van der Waals surface area contributed by atoms with Crippen LogP contribution in [0.15, 0.2) is 54.6 Å². The molecule has 0 spiro atoms. The summed E-state index contributed by atoms with van der Waals surface area (Å²) in [6.07, 6.45) is -0.392. The molecule has 1 aromatic heterocycles. The van der Waals surface area contributed by atoms with Gasteiger partial charge < -0.3 is 10.1 Å². The number of halogens is 1. The molecule has 2 aromatic carbocycles. The lowest BCUT2D eigenvalue weighted by atomic mass is 10.1. The summed E-state index contributed by atoms with van der Waals surface area (Å²) in [5.74, 6) is -0.376. The largest absolute Gasteiger partial charge is 0.447 e. The van der Waals surface area contributed by atoms with E-state index in [2.05, 4.69) is 10.3 Å². The summed E-state index contributed by atoms with van der Waals surface area (Å²) in [7, 11) is 0. The number of aromatic nitrogens is 1. The second kappa shape index (κ2) is 6.65. The van der Waals surface area contributed by atoms with Crippen molar-refractivity contribution in [1.82, 2.24) is 4.98 Å². The molecule has 130 valence electrons. The fourth-order valence-electron chi connectivity index (χ4n) is 2.85. The lowest BCUT2D eigenvalue weighted by Gasteiger charge is -2.14. The van der Waals surface area contributed by atoms with Crippen molar-refractivity contribution in [3.8, 4) is 0 Å². The molecule has 1 saturated heterocycles. The molecule has 7 heteroatoms. The van der Waals surface area contributed by atoms with Gasteiger partial charge in [0, 0.05) is 16.8 Å². The van der Waals surface area contributed by atoms with Crippen LogP contribution in [0.4, 0.5) is 16.2 Å². The summed E-state index contributed by atoms with van der Waals surface area (Å²) in [4.78, 5) is 29.9. The number of benzene rings is 2. The maximum atomic E-state index is 12.6. The van der Waals surface area contributed by atoms with Crippen LogP contribution in [0.3, 0.4) is 0 Å². The highest BCUT2D eigenvalue weighted by molar-refractivity contribution is 6.34. The Morgan fingerprint density at radius 1 is 1.15 bits per heavy atom. The van der Waals surface area contributed by atoms with Gasteiger partial charge in [-0.1, -0.05) is 41.9 Å². The first-order chi connectivity index (χ1) is 12.6. The maximum absolute atomic E-state index is 12.6. The molecule has 1 fully saturated rings. The summed E-state index contributed by atoms with van der Waals surface area (Å²) in [5.41, 5.74) is 1.44. The second-order valence-corrected chi connectivity index (χ2v) is 6.15. The van der Waals surface area contributed by atoms with Gasteiger partial charge in [0.05, 0.1) is 6.54 Å². The summed E-state index contributed by atoms with van der Waals surface area (Å²) < 4.78 is 4.94. The van der Waals surface area contributed by atoms with Gasteiger partial charge in [-0.15, -0.1) is 0 Å². The Kier molecular flexibility index (Phi) is 4.18. The van der Waals surface area contributed by atoms with Crippen LogP contribution in [0.5, 0.6) is 0 Å². The van der Waals surface area contributed by atoms with E-state index in [1.807, 2.05) is 24.3 Å². The number of nitrogens with one attached hydrogen (secondary N) is 1. The number of carbonyl (C=O) groups excluding carboxylic acids is 2. The van der Waals surface area contributed by atoms with E-state index in [-0.39, 0.29) is 16.8 Å². The molecule has 0 aliphatic carbocycles. The number of rotatable bonds is 3. The molecule has 0 atom stereocenters. The molecular formula is C19H14ClN3O3. The van der Waals surface area contributed by atoms with Crippen LogP contribution in [0.2, 0.25) is 5.15 Å². The second-order valence-electron chi connectivity index (χ2n) is 5.79. The number of hydrogen-bond donors (Lipinski definition) is 1. The zero-order chi connectivity index (χ0) is 18.1. The number of pyridine rings is 1. The highest BCUT2D eigenvalue weighted by atomic mass is 35.5. The summed E-state index contributed by atoms with van der Waals surface area (Å²) in [6, 6.07) is 16.2. The van der Waals surface area contributed by atoms with E-state index >= 15 is 0 Å². The Bertz CT molecular complexity index is 1020. The normalized spacial score (nSPS) is 13.7. The van der Waals surface area contributed by atoms with Crippen LogP contribution < -0.4 is 10.2 Å². The van der Waals surface area contributed by atoms with Crippen molar-refractivity contribution in [2.24, 2.45) is 0 Å². The Morgan fingerprint density at radius 2 is 2.00 bits per heavy atom. The fraction of sp³-hybridized carbons (Fsp3) is 0.105. The van der Waals surface area contributed by atoms with Gasteiger partial charge in [0.25, 0.3) is 5.91 Å². The van der Waals surface area contributed by atoms with E-state index in [0.717, 1.165) is 10.8 Å². The Morgan fingerprint density at radius 3 is 2.81 bits per heavy atom. The summed E-state index contributed by atoms with van der Waals surface area (Å²) in [6.45, 7) is 0.840. The predicted molar refractivity (Wildman–Crippen MR) is 99.8 cm³/mol. The first-order valence-corrected chi connectivity index (χ1v) is 8.40. The van der Waals surface area contributed by atoms with Crippen LogP contribution >= 0.6 is 11.6 Å². The van der Waals surface area contributed by atoms with E-state index in [1.165, 1.54) is 4.90 Å². The van der Waals surface area contributed by atoms with E-state index < -0.39 is 6.09 Å². The molecular weight excluding hydrogens is 354 g/mol. The van der Waals surface area contributed by atoms with Crippen LogP contribution in [-0.4, -0.2) is 30.1 Å². The zero-order valence-corrected chi connectivity index (χ0v) is 14.4. The smallest absolute Gasteiger partial charge is 0.414 e. The highest BCUT2D eigenvalue weighted by Crippen LogP contribution is 2.25. The molecule has 2 amide bonds. The first kappa shape index (κ1) is 16.4. The Hall–Kier alpha value is -3.12. The molecule has 1 aliphatic heterocycles. The molecule has 1 aliphatic rings. The monoisotopic (exact) mass is 367 g/mol. The van der Waals surface area contributed by atoms with Crippen LogP contribution in [0, 0.1) is 0 Å². The lowest BCUT2D eigenvalue weighted by molar-refractivity contribution is 0.102. The van der Waals surface area contributed by atoms with Crippen LogP contribution in [0.1, 0.15) is 10.5 Å². The van der Waals surface area contributed by atoms with Gasteiger partial charge >= 0.3 is 6.09 Å². The average Bonchev–Trinajstić information content (AvgIpc) is 3.08. The molecule has 2 heterocycles. The van der Waals surface area contributed by atoms with Crippen molar-refractivity contribution in [3.05, 3.63) is 65.4 Å². The minimum absolute atomic E-state index is 0.222. The number of ether oxygens (including phenoxy) is 1. The van der Waals surface area contributed by atoms with Gasteiger partial charge in [-0.05, 0) is 29.7 Å². The molecule has 6 nitrogen and oxygen atoms in total. The van der Waals surface area contributed by atoms with E-state index in [1.54, 1.807) is 30.3 Å². The standard InChI is InChI=1S/C19H14ClN3O3/c20-17-15-7-2-1-4-12(15)10-16(22-17)18(24)21-13-5-3-6-14(11-13)23-8-9-26-19(23)25/h1-7,10-11H,8-9H2,(H,21,24). The minimum atomic E-state index is -0.392. The Labute approximate surface area is 154 Å². The third-order valence-corrected chi connectivity index (χ3v) is 4.39. The summed E-state index contributed by atoms with van der Waals surface area (Å²) in [5, 5.41) is 4.70. The van der Waals surface area contributed by atoms with Crippen molar-refractivity contribution in [2.45, 2.75) is 0 Å². The van der Waals surface area contributed by atoms with E-state index in [4.69, 9.17) is 16.3 Å². The highest BCUT2D eigenvalue weighted by Gasteiger charge is 2.23. The Balaban J connectivity index is 1.59. The van der Waals surface area contributed by atoms with Gasteiger partial charge in [0.1, 0.15) is 17.5 Å². The van der Waals surface area contributed by atoms with Gasteiger partial charge in [-0.3, -0.25) is 9.69 Å². The van der Waals surface area contributed by atoms with Gasteiger partial charge in [-0.2, -0.15) is 0 Å². The maximum Gasteiger partial charge on any atom is 0.414 e. The van der Waals surface area contributed by atoms with Crippen LogP contribution in [-0.2, 0) is 4.74 Å².